The van der Waals surface area contributed by atoms with Crippen LogP contribution in [0.4, 0.5) is 18.9 Å². The Labute approximate surface area is 233 Å². The van der Waals surface area contributed by atoms with E-state index in [9.17, 15) is 27.9 Å². The number of piperazine rings is 1. The number of amides is 1. The number of nitrogens with one attached hydrogen (secondary N) is 1. The van der Waals surface area contributed by atoms with E-state index in [0.29, 0.717) is 18.7 Å². The van der Waals surface area contributed by atoms with E-state index in [1.807, 2.05) is 11.9 Å². The van der Waals surface area contributed by atoms with Crippen LogP contribution in [0.2, 0.25) is 0 Å². The fourth-order valence-electron chi connectivity index (χ4n) is 4.54. The minimum absolute atomic E-state index is 0.0206. The monoisotopic (exact) mass is 562 g/mol. The third-order valence-electron chi connectivity index (χ3n) is 6.77. The molecule has 3 heterocycles. The number of hydrogen-bond donors (Lipinski definition) is 2. The molecule has 1 amide bonds. The van der Waals surface area contributed by atoms with E-state index < -0.39 is 23.6 Å². The number of halogens is 3. The molecule has 1 aliphatic rings. The SMILES string of the molecule is CN1CCN(Cc2ccc(NC(=O)c3cccc(C#Cc4nnc5c(C(=O)O)cccn45)c3)cc2C(F)(F)F)CC1. The fraction of sp³-hybridized carbons (Fsp3) is 0.241. The summed E-state index contributed by atoms with van der Waals surface area (Å²) in [6.07, 6.45) is -2.99. The van der Waals surface area contributed by atoms with Crippen molar-refractivity contribution < 1.29 is 27.9 Å². The van der Waals surface area contributed by atoms with Gasteiger partial charge in [0.1, 0.15) is 5.56 Å². The van der Waals surface area contributed by atoms with Gasteiger partial charge in [0.2, 0.25) is 5.82 Å². The summed E-state index contributed by atoms with van der Waals surface area (Å²) >= 11 is 0. The zero-order chi connectivity index (χ0) is 29.1. The van der Waals surface area contributed by atoms with Crippen molar-refractivity contribution in [3.63, 3.8) is 0 Å². The number of carboxylic acid groups (broad SMARTS) is 1. The molecule has 1 aliphatic heterocycles. The van der Waals surface area contributed by atoms with Crippen LogP contribution in [0, 0.1) is 11.8 Å². The first-order chi connectivity index (χ1) is 19.6. The van der Waals surface area contributed by atoms with Crippen molar-refractivity contribution in [3.05, 3.63) is 94.4 Å². The van der Waals surface area contributed by atoms with E-state index in [0.717, 1.165) is 19.2 Å². The van der Waals surface area contributed by atoms with Crippen LogP contribution < -0.4 is 5.32 Å². The third-order valence-corrected chi connectivity index (χ3v) is 6.77. The first kappa shape index (κ1) is 27.8. The highest BCUT2D eigenvalue weighted by Gasteiger charge is 2.34. The van der Waals surface area contributed by atoms with Crippen molar-refractivity contribution in [2.75, 3.05) is 38.5 Å². The van der Waals surface area contributed by atoms with E-state index in [1.165, 1.54) is 34.7 Å². The molecule has 41 heavy (non-hydrogen) atoms. The Bertz CT molecular complexity index is 1680. The number of pyridine rings is 1. The van der Waals surface area contributed by atoms with Gasteiger partial charge < -0.3 is 15.3 Å². The Morgan fingerprint density at radius 2 is 1.78 bits per heavy atom. The van der Waals surface area contributed by atoms with Crippen molar-refractivity contribution in [1.29, 1.82) is 0 Å². The molecule has 0 aliphatic carbocycles. The van der Waals surface area contributed by atoms with Crippen LogP contribution in [0.25, 0.3) is 5.65 Å². The molecule has 2 aromatic carbocycles. The second kappa shape index (κ2) is 11.4. The Hall–Kier alpha value is -4.73. The predicted octanol–water partition coefficient (Wildman–Crippen LogP) is 3.85. The van der Waals surface area contributed by atoms with Crippen LogP contribution in [0.15, 0.2) is 60.8 Å². The Morgan fingerprint density at radius 1 is 1.00 bits per heavy atom. The minimum atomic E-state index is -4.57. The van der Waals surface area contributed by atoms with Gasteiger partial charge in [-0.05, 0) is 61.0 Å². The van der Waals surface area contributed by atoms with E-state index in [-0.39, 0.29) is 40.4 Å². The molecule has 0 spiro atoms. The van der Waals surface area contributed by atoms with Crippen LogP contribution in [0.1, 0.15) is 43.2 Å². The molecule has 1 saturated heterocycles. The highest BCUT2D eigenvalue weighted by Crippen LogP contribution is 2.34. The predicted molar refractivity (Wildman–Crippen MR) is 145 cm³/mol. The number of benzene rings is 2. The summed E-state index contributed by atoms with van der Waals surface area (Å²) in [5.74, 6) is 4.15. The molecule has 0 saturated carbocycles. The number of rotatable bonds is 5. The maximum Gasteiger partial charge on any atom is 0.416 e. The lowest BCUT2D eigenvalue weighted by Gasteiger charge is -2.33. The second-order valence-electron chi connectivity index (χ2n) is 9.68. The molecule has 210 valence electrons. The lowest BCUT2D eigenvalue weighted by molar-refractivity contribution is -0.138. The van der Waals surface area contributed by atoms with E-state index in [2.05, 4.69) is 32.3 Å². The standard InChI is InChI=1S/C29H25F3N6O3/c1-36-12-14-37(15-13-36)18-21-8-9-22(17-24(21)29(30,31)32)33-27(39)20-5-2-4-19(16-20)7-10-25-34-35-26-23(28(40)41)6-3-11-38(25)26/h2-6,8-9,11,16-17H,12-15,18H2,1H3,(H,33,39)(H,40,41). The molecule has 12 heteroatoms. The molecule has 2 N–H and O–H groups in total. The molecular weight excluding hydrogens is 537 g/mol. The number of carbonyl (C=O) groups is 2. The highest BCUT2D eigenvalue weighted by molar-refractivity contribution is 6.04. The minimum Gasteiger partial charge on any atom is -0.478 e. The van der Waals surface area contributed by atoms with Crippen molar-refractivity contribution in [2.45, 2.75) is 12.7 Å². The lowest BCUT2D eigenvalue weighted by Crippen LogP contribution is -2.44. The number of aromatic nitrogens is 3. The molecule has 0 atom stereocenters. The van der Waals surface area contributed by atoms with Gasteiger partial charge in [-0.1, -0.05) is 18.1 Å². The van der Waals surface area contributed by atoms with Gasteiger partial charge in [-0.3, -0.25) is 14.1 Å². The highest BCUT2D eigenvalue weighted by atomic mass is 19.4. The fourth-order valence-corrected chi connectivity index (χ4v) is 4.54. The van der Waals surface area contributed by atoms with Gasteiger partial charge in [0.05, 0.1) is 5.56 Å². The summed E-state index contributed by atoms with van der Waals surface area (Å²) in [4.78, 5) is 28.5. The maximum absolute atomic E-state index is 13.9. The smallest absolute Gasteiger partial charge is 0.416 e. The second-order valence-corrected chi connectivity index (χ2v) is 9.68. The van der Waals surface area contributed by atoms with E-state index in [4.69, 9.17) is 0 Å². The van der Waals surface area contributed by atoms with Crippen molar-refractivity contribution in [3.8, 4) is 11.8 Å². The topological polar surface area (TPSA) is 103 Å². The van der Waals surface area contributed by atoms with Gasteiger partial charge in [-0.25, -0.2) is 4.79 Å². The van der Waals surface area contributed by atoms with Crippen LogP contribution >= 0.6 is 0 Å². The van der Waals surface area contributed by atoms with Crippen LogP contribution in [0.5, 0.6) is 0 Å². The summed E-state index contributed by atoms with van der Waals surface area (Å²) in [6.45, 7) is 3.13. The summed E-state index contributed by atoms with van der Waals surface area (Å²) in [5, 5.41) is 19.7. The van der Waals surface area contributed by atoms with Crippen molar-refractivity contribution >= 4 is 23.2 Å². The number of hydrogen-bond acceptors (Lipinski definition) is 6. The lowest BCUT2D eigenvalue weighted by atomic mass is 10.0. The van der Waals surface area contributed by atoms with Gasteiger partial charge in [-0.15, -0.1) is 10.2 Å². The molecule has 9 nitrogen and oxygen atoms in total. The summed E-state index contributed by atoms with van der Waals surface area (Å²) in [5.41, 5.74) is 0.186. The van der Waals surface area contributed by atoms with Crippen molar-refractivity contribution in [1.82, 2.24) is 24.4 Å². The zero-order valence-corrected chi connectivity index (χ0v) is 21.9. The summed E-state index contributed by atoms with van der Waals surface area (Å²) in [7, 11) is 1.98. The average molecular weight is 563 g/mol. The normalized spacial score (nSPS) is 14.4. The van der Waals surface area contributed by atoms with Gasteiger partial charge in [0.25, 0.3) is 5.91 Å². The Balaban J connectivity index is 1.33. The number of anilines is 1. The number of fused-ring (bicyclic) bond motifs is 1. The number of alkyl halides is 3. The molecular formula is C29H25F3N6O3. The zero-order valence-electron chi connectivity index (χ0n) is 21.9. The van der Waals surface area contributed by atoms with Crippen LogP contribution in [0.3, 0.4) is 0 Å². The van der Waals surface area contributed by atoms with Crippen LogP contribution in [-0.4, -0.2) is 74.6 Å². The maximum atomic E-state index is 13.9. The first-order valence-corrected chi connectivity index (χ1v) is 12.7. The van der Waals surface area contributed by atoms with E-state index in [1.54, 1.807) is 24.4 Å². The van der Waals surface area contributed by atoms with Gasteiger partial charge in [-0.2, -0.15) is 13.2 Å². The number of carboxylic acids is 1. The quantitative estimate of drug-likeness (QED) is 0.357. The van der Waals surface area contributed by atoms with Crippen LogP contribution in [-0.2, 0) is 12.7 Å². The third kappa shape index (κ3) is 6.37. The molecule has 0 bridgehead atoms. The largest absolute Gasteiger partial charge is 0.478 e. The average Bonchev–Trinajstić information content (AvgIpc) is 3.36. The summed E-state index contributed by atoms with van der Waals surface area (Å²) in [6, 6.07) is 13.1. The number of aromatic carboxylic acids is 1. The number of likely N-dealkylation sites (N-methyl/N-ethyl adjacent to an activating group) is 1. The Kier molecular flexibility index (Phi) is 7.74. The molecule has 0 unspecified atom stereocenters. The summed E-state index contributed by atoms with van der Waals surface area (Å²) < 4.78 is 43.2. The first-order valence-electron chi connectivity index (χ1n) is 12.7. The van der Waals surface area contributed by atoms with Gasteiger partial charge >= 0.3 is 12.1 Å². The molecule has 4 aromatic rings. The molecule has 0 radical (unpaired) electrons. The van der Waals surface area contributed by atoms with E-state index >= 15 is 0 Å². The molecule has 1 fully saturated rings. The molecule has 5 rings (SSSR count). The molecule has 2 aromatic heterocycles. The number of nitrogens with zero attached hydrogens (tertiary/aromatic N) is 5. The van der Waals surface area contributed by atoms with Gasteiger partial charge in [0, 0.05) is 55.7 Å². The van der Waals surface area contributed by atoms with Gasteiger partial charge in [0.15, 0.2) is 5.65 Å². The van der Waals surface area contributed by atoms with Crippen molar-refractivity contribution in [2.24, 2.45) is 0 Å². The number of carbonyl (C=O) groups excluding carboxylic acids is 1. The Morgan fingerprint density at radius 3 is 2.51 bits per heavy atom.